The van der Waals surface area contributed by atoms with E-state index in [2.05, 4.69) is 0 Å². The van der Waals surface area contributed by atoms with E-state index in [9.17, 15) is 4.79 Å². The average Bonchev–Trinajstić information content (AvgIpc) is 2.82. The van der Waals surface area contributed by atoms with Crippen molar-refractivity contribution < 1.29 is 9.53 Å². The van der Waals surface area contributed by atoms with Crippen molar-refractivity contribution in [3.05, 3.63) is 21.9 Å². The van der Waals surface area contributed by atoms with Crippen molar-refractivity contribution in [2.75, 3.05) is 26.3 Å². The van der Waals surface area contributed by atoms with Gasteiger partial charge < -0.3 is 15.4 Å². The van der Waals surface area contributed by atoms with Crippen molar-refractivity contribution in [3.8, 4) is 0 Å². The average molecular weight is 305 g/mol. The minimum atomic E-state index is 0. The van der Waals surface area contributed by atoms with Gasteiger partial charge in [-0.15, -0.1) is 23.7 Å². The molecule has 4 nitrogen and oxygen atoms in total. The molecular formula is C13H21ClN2O2S. The van der Waals surface area contributed by atoms with Crippen molar-refractivity contribution >= 4 is 29.7 Å². The Labute approximate surface area is 124 Å². The fourth-order valence-corrected chi connectivity index (χ4v) is 3.19. The SMILES string of the molecule is Cc1ccsc1C(=O)N(CCN)C1CCOCC1.Cl. The monoisotopic (exact) mass is 304 g/mol. The second-order valence-electron chi connectivity index (χ2n) is 4.56. The van der Waals surface area contributed by atoms with E-state index in [-0.39, 0.29) is 24.4 Å². The van der Waals surface area contributed by atoms with Crippen LogP contribution in [-0.4, -0.2) is 43.2 Å². The van der Waals surface area contributed by atoms with Crippen LogP contribution in [0.15, 0.2) is 11.4 Å². The van der Waals surface area contributed by atoms with E-state index in [1.807, 2.05) is 23.3 Å². The zero-order valence-corrected chi connectivity index (χ0v) is 12.8. The summed E-state index contributed by atoms with van der Waals surface area (Å²) >= 11 is 1.51. The largest absolute Gasteiger partial charge is 0.381 e. The van der Waals surface area contributed by atoms with Crippen LogP contribution < -0.4 is 5.73 Å². The number of nitrogens with zero attached hydrogens (tertiary/aromatic N) is 1. The second-order valence-corrected chi connectivity index (χ2v) is 5.48. The lowest BCUT2D eigenvalue weighted by Gasteiger charge is -2.34. The molecule has 1 aromatic rings. The van der Waals surface area contributed by atoms with Gasteiger partial charge in [-0.05, 0) is 36.8 Å². The van der Waals surface area contributed by atoms with E-state index in [1.165, 1.54) is 11.3 Å². The van der Waals surface area contributed by atoms with Gasteiger partial charge >= 0.3 is 0 Å². The maximum absolute atomic E-state index is 12.6. The highest BCUT2D eigenvalue weighted by molar-refractivity contribution is 7.12. The Morgan fingerprint density at radius 3 is 2.74 bits per heavy atom. The van der Waals surface area contributed by atoms with Gasteiger partial charge in [0.2, 0.25) is 0 Å². The minimum Gasteiger partial charge on any atom is -0.381 e. The van der Waals surface area contributed by atoms with Crippen LogP contribution in [-0.2, 0) is 4.74 Å². The van der Waals surface area contributed by atoms with Gasteiger partial charge in [0.05, 0.1) is 4.88 Å². The molecule has 1 amide bonds. The number of nitrogens with two attached hydrogens (primary N) is 1. The van der Waals surface area contributed by atoms with Crippen LogP contribution in [0.25, 0.3) is 0 Å². The van der Waals surface area contributed by atoms with E-state index < -0.39 is 0 Å². The highest BCUT2D eigenvalue weighted by Gasteiger charge is 2.27. The van der Waals surface area contributed by atoms with Crippen molar-refractivity contribution in [1.82, 2.24) is 4.90 Å². The lowest BCUT2D eigenvalue weighted by molar-refractivity contribution is 0.0301. The lowest BCUT2D eigenvalue weighted by atomic mass is 10.1. The van der Waals surface area contributed by atoms with E-state index in [0.29, 0.717) is 13.1 Å². The van der Waals surface area contributed by atoms with Crippen molar-refractivity contribution in [2.45, 2.75) is 25.8 Å². The molecule has 0 bridgehead atoms. The fourth-order valence-electron chi connectivity index (χ4n) is 2.31. The topological polar surface area (TPSA) is 55.6 Å². The van der Waals surface area contributed by atoms with E-state index in [1.54, 1.807) is 0 Å². The molecule has 1 saturated heterocycles. The number of rotatable bonds is 4. The molecule has 108 valence electrons. The van der Waals surface area contributed by atoms with Gasteiger partial charge in [0.25, 0.3) is 5.91 Å². The summed E-state index contributed by atoms with van der Waals surface area (Å²) < 4.78 is 5.36. The molecule has 0 atom stereocenters. The normalized spacial score (nSPS) is 15.9. The van der Waals surface area contributed by atoms with E-state index in [0.717, 1.165) is 36.5 Å². The predicted octanol–water partition coefficient (Wildman–Crippen LogP) is 2.06. The molecule has 2 rings (SSSR count). The molecule has 1 fully saturated rings. The number of hydrogen-bond donors (Lipinski definition) is 1. The van der Waals surface area contributed by atoms with Gasteiger partial charge in [-0.2, -0.15) is 0 Å². The van der Waals surface area contributed by atoms with Crippen molar-refractivity contribution in [2.24, 2.45) is 5.73 Å². The third-order valence-electron chi connectivity index (χ3n) is 3.32. The first-order valence-corrected chi connectivity index (χ1v) is 7.25. The van der Waals surface area contributed by atoms with Crippen LogP contribution in [0.3, 0.4) is 0 Å². The highest BCUT2D eigenvalue weighted by atomic mass is 35.5. The number of carbonyl (C=O) groups is 1. The number of amides is 1. The van der Waals surface area contributed by atoms with Gasteiger partial charge in [0.1, 0.15) is 0 Å². The third-order valence-corrected chi connectivity index (χ3v) is 4.32. The number of aryl methyl sites for hydroxylation is 1. The molecule has 0 aliphatic carbocycles. The molecule has 1 aliphatic rings. The Morgan fingerprint density at radius 2 is 2.21 bits per heavy atom. The predicted molar refractivity (Wildman–Crippen MR) is 80.2 cm³/mol. The third kappa shape index (κ3) is 3.92. The number of hydrogen-bond acceptors (Lipinski definition) is 4. The summed E-state index contributed by atoms with van der Waals surface area (Å²) in [7, 11) is 0. The summed E-state index contributed by atoms with van der Waals surface area (Å²) in [5.74, 6) is 0.125. The molecule has 0 aromatic carbocycles. The lowest BCUT2D eigenvalue weighted by Crippen LogP contribution is -2.45. The van der Waals surface area contributed by atoms with Gasteiger partial charge in [0.15, 0.2) is 0 Å². The molecule has 0 radical (unpaired) electrons. The number of halogens is 1. The zero-order valence-electron chi connectivity index (χ0n) is 11.1. The van der Waals surface area contributed by atoms with Crippen molar-refractivity contribution in [3.63, 3.8) is 0 Å². The molecule has 2 heterocycles. The van der Waals surface area contributed by atoms with Gasteiger partial charge in [-0.1, -0.05) is 0 Å². The first-order valence-electron chi connectivity index (χ1n) is 6.37. The quantitative estimate of drug-likeness (QED) is 0.926. The van der Waals surface area contributed by atoms with Crippen LogP contribution in [0, 0.1) is 6.92 Å². The Hall–Kier alpha value is -0.620. The summed E-state index contributed by atoms with van der Waals surface area (Å²) in [5.41, 5.74) is 6.70. The molecule has 1 aromatic heterocycles. The van der Waals surface area contributed by atoms with Gasteiger partial charge in [-0.25, -0.2) is 0 Å². The molecule has 1 aliphatic heterocycles. The molecule has 0 spiro atoms. The van der Waals surface area contributed by atoms with E-state index in [4.69, 9.17) is 10.5 Å². The Morgan fingerprint density at radius 1 is 1.53 bits per heavy atom. The number of ether oxygens (including phenoxy) is 1. The maximum atomic E-state index is 12.6. The van der Waals surface area contributed by atoms with E-state index >= 15 is 0 Å². The summed E-state index contributed by atoms with van der Waals surface area (Å²) in [6, 6.07) is 2.26. The minimum absolute atomic E-state index is 0. The fraction of sp³-hybridized carbons (Fsp3) is 0.615. The Bertz CT molecular complexity index is 405. The molecule has 2 N–H and O–H groups in total. The first-order chi connectivity index (χ1) is 8.74. The molecular weight excluding hydrogens is 284 g/mol. The van der Waals surface area contributed by atoms with Crippen LogP contribution in [0.1, 0.15) is 28.1 Å². The maximum Gasteiger partial charge on any atom is 0.264 e. The summed E-state index contributed by atoms with van der Waals surface area (Å²) in [6.45, 7) is 4.59. The highest BCUT2D eigenvalue weighted by Crippen LogP contribution is 2.22. The molecule has 0 saturated carbocycles. The molecule has 0 unspecified atom stereocenters. The second kappa shape index (κ2) is 7.85. The summed E-state index contributed by atoms with van der Waals surface area (Å²) in [5, 5.41) is 1.97. The summed E-state index contributed by atoms with van der Waals surface area (Å²) in [4.78, 5) is 15.3. The first kappa shape index (κ1) is 16.4. The summed E-state index contributed by atoms with van der Waals surface area (Å²) in [6.07, 6.45) is 1.83. The standard InChI is InChI=1S/C13H20N2O2S.ClH/c1-10-4-9-18-12(10)13(16)15(6-5-14)11-2-7-17-8-3-11;/h4,9,11H,2-3,5-8,14H2,1H3;1H. The molecule has 19 heavy (non-hydrogen) atoms. The smallest absolute Gasteiger partial charge is 0.264 e. The zero-order chi connectivity index (χ0) is 13.0. The van der Waals surface area contributed by atoms with Gasteiger partial charge in [-0.3, -0.25) is 4.79 Å². The van der Waals surface area contributed by atoms with Crippen LogP contribution >= 0.6 is 23.7 Å². The Kier molecular flexibility index (Phi) is 6.79. The Balaban J connectivity index is 0.00000180. The molecule has 6 heteroatoms. The van der Waals surface area contributed by atoms with Gasteiger partial charge in [0, 0.05) is 32.3 Å². The van der Waals surface area contributed by atoms with Crippen LogP contribution in [0.2, 0.25) is 0 Å². The van der Waals surface area contributed by atoms with Crippen LogP contribution in [0.4, 0.5) is 0 Å². The van der Waals surface area contributed by atoms with Crippen LogP contribution in [0.5, 0.6) is 0 Å². The van der Waals surface area contributed by atoms with Crippen molar-refractivity contribution in [1.29, 1.82) is 0 Å². The number of thiophene rings is 1. The number of carbonyl (C=O) groups excluding carboxylic acids is 1.